The van der Waals surface area contributed by atoms with Crippen molar-refractivity contribution in [2.75, 3.05) is 10.6 Å². The molecule has 8 nitrogen and oxygen atoms in total. The number of pyridine rings is 1. The fourth-order valence-corrected chi connectivity index (χ4v) is 3.25. The number of benzene rings is 2. The van der Waals surface area contributed by atoms with Gasteiger partial charge < -0.3 is 20.4 Å². The summed E-state index contributed by atoms with van der Waals surface area (Å²) in [5, 5.41) is 8.38. The highest BCUT2D eigenvalue weighted by molar-refractivity contribution is 5.93. The molecule has 0 spiro atoms. The molecule has 0 fully saturated rings. The lowest BCUT2D eigenvalue weighted by molar-refractivity contribution is -0.116. The van der Waals surface area contributed by atoms with Gasteiger partial charge in [-0.15, -0.1) is 0 Å². The van der Waals surface area contributed by atoms with Gasteiger partial charge >= 0.3 is 6.03 Å². The lowest BCUT2D eigenvalue weighted by Crippen LogP contribution is -2.28. The van der Waals surface area contributed by atoms with Crippen molar-refractivity contribution in [1.82, 2.24) is 15.3 Å². The maximum Gasteiger partial charge on any atom is 0.319 e. The first kappa shape index (κ1) is 22.7. The molecule has 0 aliphatic carbocycles. The predicted octanol–water partition coefficient (Wildman–Crippen LogP) is 4.94. The van der Waals surface area contributed by atoms with Gasteiger partial charge in [0, 0.05) is 48.7 Å². The van der Waals surface area contributed by atoms with Crippen molar-refractivity contribution < 1.29 is 14.0 Å². The smallest absolute Gasteiger partial charge is 0.319 e. The summed E-state index contributed by atoms with van der Waals surface area (Å²) < 4.78 is 5.78. The molecular formula is C26H25N5O3. The van der Waals surface area contributed by atoms with Crippen LogP contribution < -0.4 is 16.0 Å². The van der Waals surface area contributed by atoms with Crippen LogP contribution in [-0.2, 0) is 17.8 Å². The van der Waals surface area contributed by atoms with Gasteiger partial charge in [-0.25, -0.2) is 9.78 Å². The summed E-state index contributed by atoms with van der Waals surface area (Å²) in [5.74, 6) is 1.01. The molecule has 2 aromatic heterocycles. The molecule has 3 N–H and O–H groups in total. The van der Waals surface area contributed by atoms with Crippen LogP contribution in [0, 0.1) is 6.92 Å². The minimum atomic E-state index is -0.339. The molecule has 2 heterocycles. The third-order valence-corrected chi connectivity index (χ3v) is 5.06. The zero-order valence-corrected chi connectivity index (χ0v) is 18.7. The molecule has 0 atom stereocenters. The highest BCUT2D eigenvalue weighted by Crippen LogP contribution is 2.21. The van der Waals surface area contributed by atoms with E-state index in [-0.39, 0.29) is 18.4 Å². The van der Waals surface area contributed by atoms with E-state index in [1.807, 2.05) is 43.3 Å². The number of aromatic nitrogens is 2. The fourth-order valence-electron chi connectivity index (χ4n) is 3.25. The highest BCUT2D eigenvalue weighted by atomic mass is 16.4. The standard InChI is InChI=1S/C26H25N5O3/c1-18-5-7-20(8-6-18)23-17-28-25(34-23)10-9-24(32)30-21-3-2-4-22(15-21)31-26(33)29-16-19-11-13-27-14-12-19/h2-8,11-15,17H,9-10,16H2,1H3,(H,30,32)(H2,29,31,33). The Morgan fingerprint density at radius 2 is 1.68 bits per heavy atom. The van der Waals surface area contributed by atoms with Crippen molar-refractivity contribution in [2.45, 2.75) is 26.3 Å². The van der Waals surface area contributed by atoms with E-state index in [1.165, 1.54) is 5.56 Å². The Morgan fingerprint density at radius 1 is 0.941 bits per heavy atom. The van der Waals surface area contributed by atoms with Crippen LogP contribution >= 0.6 is 0 Å². The molecular weight excluding hydrogens is 430 g/mol. The van der Waals surface area contributed by atoms with Crippen molar-refractivity contribution in [1.29, 1.82) is 0 Å². The zero-order chi connectivity index (χ0) is 23.8. The molecule has 0 unspecified atom stereocenters. The Kier molecular flexibility index (Phi) is 7.29. The molecule has 0 aliphatic rings. The van der Waals surface area contributed by atoms with E-state index in [1.54, 1.807) is 42.9 Å². The Balaban J connectivity index is 1.25. The monoisotopic (exact) mass is 455 g/mol. The summed E-state index contributed by atoms with van der Waals surface area (Å²) in [4.78, 5) is 32.8. The number of hydrogen-bond donors (Lipinski definition) is 3. The Morgan fingerprint density at radius 3 is 2.44 bits per heavy atom. The summed E-state index contributed by atoms with van der Waals surface area (Å²) in [5.41, 5.74) is 4.22. The van der Waals surface area contributed by atoms with E-state index < -0.39 is 0 Å². The van der Waals surface area contributed by atoms with E-state index in [2.05, 4.69) is 25.9 Å². The number of carbonyl (C=O) groups is 2. The van der Waals surface area contributed by atoms with Crippen molar-refractivity contribution in [3.05, 3.63) is 96.3 Å². The Labute approximate surface area is 197 Å². The Hall–Kier alpha value is -4.46. The number of carbonyl (C=O) groups excluding carboxylic acids is 2. The highest BCUT2D eigenvalue weighted by Gasteiger charge is 2.10. The molecule has 4 aromatic rings. The first-order valence-electron chi connectivity index (χ1n) is 10.9. The van der Waals surface area contributed by atoms with Crippen LogP contribution in [0.2, 0.25) is 0 Å². The molecule has 4 rings (SSSR count). The number of hydrogen-bond acceptors (Lipinski definition) is 5. The normalized spacial score (nSPS) is 10.5. The lowest BCUT2D eigenvalue weighted by Gasteiger charge is -2.10. The summed E-state index contributed by atoms with van der Waals surface area (Å²) in [6.07, 6.45) is 5.62. The number of aryl methyl sites for hydroxylation is 2. The van der Waals surface area contributed by atoms with Gasteiger partial charge in [-0.1, -0.05) is 35.9 Å². The first-order valence-corrected chi connectivity index (χ1v) is 10.9. The third-order valence-electron chi connectivity index (χ3n) is 5.06. The van der Waals surface area contributed by atoms with Gasteiger partial charge in [0.15, 0.2) is 11.7 Å². The van der Waals surface area contributed by atoms with Crippen LogP contribution in [0.4, 0.5) is 16.2 Å². The van der Waals surface area contributed by atoms with E-state index in [4.69, 9.17) is 4.42 Å². The number of rotatable bonds is 8. The summed E-state index contributed by atoms with van der Waals surface area (Å²) in [7, 11) is 0. The maximum absolute atomic E-state index is 12.4. The van der Waals surface area contributed by atoms with Crippen LogP contribution in [0.25, 0.3) is 11.3 Å². The topological polar surface area (TPSA) is 109 Å². The SMILES string of the molecule is Cc1ccc(-c2cnc(CCC(=O)Nc3cccc(NC(=O)NCc4ccncc4)c3)o2)cc1. The maximum atomic E-state index is 12.4. The van der Waals surface area contributed by atoms with Crippen molar-refractivity contribution in [3.8, 4) is 11.3 Å². The van der Waals surface area contributed by atoms with E-state index >= 15 is 0 Å². The largest absolute Gasteiger partial charge is 0.441 e. The second kappa shape index (κ2) is 10.9. The number of nitrogens with one attached hydrogen (secondary N) is 3. The quantitative estimate of drug-likeness (QED) is 0.349. The summed E-state index contributed by atoms with van der Waals surface area (Å²) in [6.45, 7) is 2.41. The van der Waals surface area contributed by atoms with Gasteiger partial charge in [0.2, 0.25) is 5.91 Å². The van der Waals surface area contributed by atoms with E-state index in [9.17, 15) is 9.59 Å². The average Bonchev–Trinajstić information content (AvgIpc) is 3.32. The molecule has 172 valence electrons. The first-order chi connectivity index (χ1) is 16.5. The fraction of sp³-hybridized carbons (Fsp3) is 0.154. The van der Waals surface area contributed by atoms with Gasteiger partial charge in [0.1, 0.15) is 0 Å². The zero-order valence-electron chi connectivity index (χ0n) is 18.7. The van der Waals surface area contributed by atoms with Crippen LogP contribution in [0.3, 0.4) is 0 Å². The number of nitrogens with zero attached hydrogens (tertiary/aromatic N) is 2. The van der Waals surface area contributed by atoms with Gasteiger partial charge in [-0.2, -0.15) is 0 Å². The van der Waals surface area contributed by atoms with Crippen LogP contribution in [-0.4, -0.2) is 21.9 Å². The molecule has 34 heavy (non-hydrogen) atoms. The minimum absolute atomic E-state index is 0.172. The number of anilines is 2. The number of urea groups is 1. The van der Waals surface area contributed by atoms with Gasteiger partial charge in [-0.05, 0) is 42.8 Å². The van der Waals surface area contributed by atoms with Gasteiger partial charge in [-0.3, -0.25) is 9.78 Å². The van der Waals surface area contributed by atoms with Crippen molar-refractivity contribution >= 4 is 23.3 Å². The molecule has 0 aliphatic heterocycles. The predicted molar refractivity (Wildman–Crippen MR) is 130 cm³/mol. The summed E-state index contributed by atoms with van der Waals surface area (Å²) >= 11 is 0. The molecule has 2 aromatic carbocycles. The number of amides is 3. The van der Waals surface area contributed by atoms with Crippen molar-refractivity contribution in [2.24, 2.45) is 0 Å². The summed E-state index contributed by atoms with van der Waals surface area (Å²) in [6, 6.07) is 18.3. The van der Waals surface area contributed by atoms with E-state index in [0.29, 0.717) is 36.0 Å². The van der Waals surface area contributed by atoms with E-state index in [0.717, 1.165) is 11.1 Å². The molecule has 0 saturated heterocycles. The Bertz CT molecular complexity index is 1250. The van der Waals surface area contributed by atoms with Gasteiger partial charge in [0.05, 0.1) is 6.20 Å². The molecule has 0 saturated carbocycles. The molecule has 0 bridgehead atoms. The lowest BCUT2D eigenvalue weighted by atomic mass is 10.1. The van der Waals surface area contributed by atoms with Gasteiger partial charge in [0.25, 0.3) is 0 Å². The average molecular weight is 456 g/mol. The molecule has 8 heteroatoms. The van der Waals surface area contributed by atoms with Crippen LogP contribution in [0.1, 0.15) is 23.4 Å². The van der Waals surface area contributed by atoms with Crippen LogP contribution in [0.5, 0.6) is 0 Å². The minimum Gasteiger partial charge on any atom is -0.441 e. The number of oxazole rings is 1. The third kappa shape index (κ3) is 6.52. The second-order valence-corrected chi connectivity index (χ2v) is 7.78. The van der Waals surface area contributed by atoms with Crippen LogP contribution in [0.15, 0.2) is 83.7 Å². The second-order valence-electron chi connectivity index (χ2n) is 7.78. The molecule has 3 amide bonds. The van der Waals surface area contributed by atoms with Crippen molar-refractivity contribution in [3.63, 3.8) is 0 Å². The molecule has 0 radical (unpaired) electrons.